The van der Waals surface area contributed by atoms with Crippen LogP contribution in [0.5, 0.6) is 0 Å². The monoisotopic (exact) mass is 263 g/mol. The number of carbonyl (C=O) groups excluding carboxylic acids is 1. The van der Waals surface area contributed by atoms with Gasteiger partial charge in [-0.15, -0.1) is 0 Å². The summed E-state index contributed by atoms with van der Waals surface area (Å²) in [5, 5.41) is 12.2. The number of carbonyl (C=O) groups is 2. The minimum absolute atomic E-state index is 0.0660. The van der Waals surface area contributed by atoms with E-state index < -0.39 is 17.8 Å². The van der Waals surface area contributed by atoms with E-state index in [2.05, 4.69) is 5.32 Å². The number of aliphatic carboxylic acids is 1. The van der Waals surface area contributed by atoms with Crippen molar-refractivity contribution < 1.29 is 14.7 Å². The molecule has 2 atom stereocenters. The number of carboxylic acids is 1. The Morgan fingerprint density at radius 1 is 1.16 bits per heavy atom. The summed E-state index contributed by atoms with van der Waals surface area (Å²) in [6, 6.07) is 0. The number of amides is 1. The van der Waals surface area contributed by atoms with E-state index in [9.17, 15) is 14.7 Å². The molecule has 0 aromatic carbocycles. The van der Waals surface area contributed by atoms with Crippen LogP contribution in [0.25, 0.3) is 0 Å². The van der Waals surface area contributed by atoms with E-state index in [1.165, 1.54) is 25.7 Å². The molecule has 0 heterocycles. The van der Waals surface area contributed by atoms with E-state index in [0.29, 0.717) is 18.3 Å². The zero-order valence-corrected chi connectivity index (χ0v) is 11.1. The minimum Gasteiger partial charge on any atom is -0.481 e. The Hall–Kier alpha value is -1.32. The van der Waals surface area contributed by atoms with Crippen molar-refractivity contribution >= 4 is 11.9 Å². The molecule has 3 aliphatic rings. The fraction of sp³-hybridized carbons (Fsp3) is 0.733. The largest absolute Gasteiger partial charge is 0.481 e. The molecule has 0 radical (unpaired) electrons. The molecule has 0 aliphatic heterocycles. The van der Waals surface area contributed by atoms with Crippen molar-refractivity contribution in [1.82, 2.24) is 5.32 Å². The highest BCUT2D eigenvalue weighted by Gasteiger charge is 2.53. The van der Waals surface area contributed by atoms with E-state index in [1.807, 2.05) is 12.2 Å². The lowest BCUT2D eigenvalue weighted by Crippen LogP contribution is -2.41. The first-order valence-corrected chi connectivity index (χ1v) is 7.28. The van der Waals surface area contributed by atoms with Crippen LogP contribution >= 0.6 is 0 Å². The number of nitrogens with one attached hydrogen (secondary N) is 1. The molecular formula is C15H21NO3. The van der Waals surface area contributed by atoms with Gasteiger partial charge in [-0.3, -0.25) is 9.59 Å². The van der Waals surface area contributed by atoms with Crippen LogP contribution in [0, 0.1) is 23.2 Å². The molecule has 2 saturated carbocycles. The van der Waals surface area contributed by atoms with Crippen molar-refractivity contribution in [2.24, 2.45) is 23.2 Å². The number of hydrogen-bond acceptors (Lipinski definition) is 2. The van der Waals surface area contributed by atoms with Gasteiger partial charge in [0.05, 0.1) is 11.8 Å². The molecular weight excluding hydrogens is 242 g/mol. The van der Waals surface area contributed by atoms with E-state index in [-0.39, 0.29) is 5.91 Å². The van der Waals surface area contributed by atoms with Gasteiger partial charge in [0.15, 0.2) is 0 Å². The van der Waals surface area contributed by atoms with Gasteiger partial charge >= 0.3 is 5.97 Å². The van der Waals surface area contributed by atoms with Crippen LogP contribution in [0.3, 0.4) is 0 Å². The second-order valence-corrected chi connectivity index (χ2v) is 6.35. The van der Waals surface area contributed by atoms with Crippen LogP contribution < -0.4 is 5.32 Å². The first-order chi connectivity index (χ1) is 9.12. The van der Waals surface area contributed by atoms with Gasteiger partial charge in [0, 0.05) is 6.54 Å². The third kappa shape index (κ3) is 2.53. The van der Waals surface area contributed by atoms with Gasteiger partial charge in [-0.25, -0.2) is 0 Å². The smallest absolute Gasteiger partial charge is 0.307 e. The lowest BCUT2D eigenvalue weighted by Gasteiger charge is -2.25. The van der Waals surface area contributed by atoms with Crippen molar-refractivity contribution in [3.05, 3.63) is 12.2 Å². The van der Waals surface area contributed by atoms with Crippen LogP contribution in [-0.4, -0.2) is 23.5 Å². The van der Waals surface area contributed by atoms with Crippen LogP contribution in [0.1, 0.15) is 38.5 Å². The first kappa shape index (κ1) is 12.7. The van der Waals surface area contributed by atoms with Gasteiger partial charge in [-0.2, -0.15) is 0 Å². The molecule has 4 heteroatoms. The highest BCUT2D eigenvalue weighted by Crippen LogP contribution is 2.60. The van der Waals surface area contributed by atoms with Crippen LogP contribution in [0.15, 0.2) is 12.2 Å². The Bertz CT molecular complexity index is 421. The second kappa shape index (κ2) is 4.66. The topological polar surface area (TPSA) is 66.4 Å². The van der Waals surface area contributed by atoms with Gasteiger partial charge < -0.3 is 10.4 Å². The fourth-order valence-electron chi connectivity index (χ4n) is 3.36. The number of carboxylic acid groups (broad SMARTS) is 1. The number of allylic oxidation sites excluding steroid dienone is 2. The zero-order valence-electron chi connectivity index (χ0n) is 11.1. The molecule has 0 aromatic rings. The van der Waals surface area contributed by atoms with Crippen molar-refractivity contribution in [2.45, 2.75) is 38.5 Å². The lowest BCUT2D eigenvalue weighted by molar-refractivity contribution is -0.147. The summed E-state index contributed by atoms with van der Waals surface area (Å²) in [6.45, 7) is 0.753. The van der Waals surface area contributed by atoms with Crippen molar-refractivity contribution in [3.8, 4) is 0 Å². The predicted molar refractivity (Wildman–Crippen MR) is 70.4 cm³/mol. The van der Waals surface area contributed by atoms with Gasteiger partial charge in [0.25, 0.3) is 0 Å². The quantitative estimate of drug-likeness (QED) is 0.745. The SMILES string of the molecule is O=C(O)C1CC=CCC1C(=O)NCC1(C2CC2)CC1. The summed E-state index contributed by atoms with van der Waals surface area (Å²) >= 11 is 0. The Morgan fingerprint density at radius 3 is 2.32 bits per heavy atom. The van der Waals surface area contributed by atoms with Gasteiger partial charge in [-0.05, 0) is 49.9 Å². The third-order valence-electron chi connectivity index (χ3n) is 5.04. The molecule has 2 N–H and O–H groups in total. The maximum Gasteiger partial charge on any atom is 0.307 e. The van der Waals surface area contributed by atoms with Crippen LogP contribution in [-0.2, 0) is 9.59 Å². The van der Waals surface area contributed by atoms with Gasteiger partial charge in [0.1, 0.15) is 0 Å². The molecule has 4 nitrogen and oxygen atoms in total. The van der Waals surface area contributed by atoms with Gasteiger partial charge in [-0.1, -0.05) is 12.2 Å². The number of rotatable bonds is 5. The summed E-state index contributed by atoms with van der Waals surface area (Å²) in [6.07, 6.45) is 9.89. The molecule has 19 heavy (non-hydrogen) atoms. The summed E-state index contributed by atoms with van der Waals surface area (Å²) in [7, 11) is 0. The second-order valence-electron chi connectivity index (χ2n) is 6.35. The van der Waals surface area contributed by atoms with E-state index in [0.717, 1.165) is 12.5 Å². The highest BCUT2D eigenvalue weighted by molar-refractivity contribution is 5.85. The normalized spacial score (nSPS) is 31.8. The molecule has 2 fully saturated rings. The average Bonchev–Trinajstić information content (AvgIpc) is 3.28. The average molecular weight is 263 g/mol. The predicted octanol–water partition coefficient (Wildman–Crippen LogP) is 1.96. The molecule has 0 bridgehead atoms. The fourth-order valence-corrected chi connectivity index (χ4v) is 3.36. The standard InChI is InChI=1S/C15H21NO3/c17-13(11-3-1-2-4-12(11)14(18)19)16-9-15(7-8-15)10-5-6-10/h1-2,10-12H,3-9H2,(H,16,17)(H,18,19). The molecule has 3 aliphatic carbocycles. The molecule has 104 valence electrons. The molecule has 0 saturated heterocycles. The summed E-state index contributed by atoms with van der Waals surface area (Å²) < 4.78 is 0. The molecule has 0 spiro atoms. The Balaban J connectivity index is 1.57. The Morgan fingerprint density at radius 2 is 1.79 bits per heavy atom. The minimum atomic E-state index is -0.854. The van der Waals surface area contributed by atoms with E-state index in [4.69, 9.17) is 0 Å². The molecule has 3 rings (SSSR count). The van der Waals surface area contributed by atoms with E-state index >= 15 is 0 Å². The van der Waals surface area contributed by atoms with Crippen molar-refractivity contribution in [3.63, 3.8) is 0 Å². The van der Waals surface area contributed by atoms with Crippen LogP contribution in [0.4, 0.5) is 0 Å². The molecule has 0 aromatic heterocycles. The molecule has 1 amide bonds. The summed E-state index contributed by atoms with van der Waals surface area (Å²) in [4.78, 5) is 23.4. The summed E-state index contributed by atoms with van der Waals surface area (Å²) in [5.74, 6) is -1.05. The lowest BCUT2D eigenvalue weighted by atomic mass is 9.82. The maximum absolute atomic E-state index is 12.2. The Kier molecular flexibility index (Phi) is 3.11. The number of hydrogen-bond donors (Lipinski definition) is 2. The zero-order chi connectivity index (χ0) is 13.5. The van der Waals surface area contributed by atoms with E-state index in [1.54, 1.807) is 0 Å². The summed E-state index contributed by atoms with van der Waals surface area (Å²) in [5.41, 5.74) is 0.374. The maximum atomic E-state index is 12.2. The third-order valence-corrected chi connectivity index (χ3v) is 5.04. The van der Waals surface area contributed by atoms with Crippen LogP contribution in [0.2, 0.25) is 0 Å². The first-order valence-electron chi connectivity index (χ1n) is 7.28. The van der Waals surface area contributed by atoms with Crippen molar-refractivity contribution in [1.29, 1.82) is 0 Å². The highest BCUT2D eigenvalue weighted by atomic mass is 16.4. The van der Waals surface area contributed by atoms with Crippen molar-refractivity contribution in [2.75, 3.05) is 6.54 Å². The molecule has 2 unspecified atom stereocenters. The Labute approximate surface area is 113 Å². The van der Waals surface area contributed by atoms with Gasteiger partial charge in [0.2, 0.25) is 5.91 Å².